The Kier molecular flexibility index (Phi) is 7.43. The lowest BCUT2D eigenvalue weighted by Crippen LogP contribution is -2.28. The van der Waals surface area contributed by atoms with Gasteiger partial charge in [0.05, 0.1) is 20.3 Å². The molecule has 142 valence electrons. The Labute approximate surface area is 158 Å². The van der Waals surface area contributed by atoms with Gasteiger partial charge in [-0.3, -0.25) is 4.79 Å². The number of methoxy groups -OCH3 is 1. The van der Waals surface area contributed by atoms with Crippen LogP contribution in [0.5, 0.6) is 11.5 Å². The van der Waals surface area contributed by atoms with Gasteiger partial charge in [-0.1, -0.05) is 24.3 Å². The van der Waals surface area contributed by atoms with Crippen LogP contribution in [0.25, 0.3) is 6.08 Å². The molecule has 2 rings (SSSR count). The summed E-state index contributed by atoms with van der Waals surface area (Å²) in [5, 5.41) is 2.60. The van der Waals surface area contributed by atoms with Crippen LogP contribution < -0.4 is 14.8 Å². The summed E-state index contributed by atoms with van der Waals surface area (Å²) in [6.07, 6.45) is 1.53. The van der Waals surface area contributed by atoms with Crippen LogP contribution in [0.3, 0.4) is 0 Å². The molecule has 6 heteroatoms. The van der Waals surface area contributed by atoms with Crippen LogP contribution in [0.2, 0.25) is 0 Å². The van der Waals surface area contributed by atoms with Gasteiger partial charge in [0.1, 0.15) is 5.70 Å². The van der Waals surface area contributed by atoms with Crippen LogP contribution in [-0.4, -0.2) is 32.2 Å². The molecule has 0 radical (unpaired) electrons. The van der Waals surface area contributed by atoms with Crippen molar-refractivity contribution >= 4 is 18.0 Å². The first-order valence-corrected chi connectivity index (χ1v) is 8.65. The Bertz CT molecular complexity index is 815. The third-order valence-electron chi connectivity index (χ3n) is 3.57. The molecule has 2 aromatic carbocycles. The Morgan fingerprint density at radius 1 is 0.963 bits per heavy atom. The highest BCUT2D eigenvalue weighted by Crippen LogP contribution is 2.29. The number of ether oxygens (including phenoxy) is 3. The van der Waals surface area contributed by atoms with Gasteiger partial charge in [-0.25, -0.2) is 4.79 Å². The van der Waals surface area contributed by atoms with E-state index in [0.717, 1.165) is 0 Å². The van der Waals surface area contributed by atoms with Gasteiger partial charge < -0.3 is 19.5 Å². The SMILES string of the molecule is CCOc1ccc(/C=C(\NC(=O)c2ccccc2)C(=O)OC)cc1OCC. The number of carbonyl (C=O) groups is 2. The van der Waals surface area contributed by atoms with Crippen molar-refractivity contribution < 1.29 is 23.8 Å². The molecule has 2 aromatic rings. The quantitative estimate of drug-likeness (QED) is 0.570. The largest absolute Gasteiger partial charge is 0.490 e. The summed E-state index contributed by atoms with van der Waals surface area (Å²) in [7, 11) is 1.26. The topological polar surface area (TPSA) is 73.9 Å². The molecular weight excluding hydrogens is 346 g/mol. The van der Waals surface area contributed by atoms with Crippen molar-refractivity contribution in [1.82, 2.24) is 5.32 Å². The minimum Gasteiger partial charge on any atom is -0.490 e. The fourth-order valence-electron chi connectivity index (χ4n) is 2.36. The monoisotopic (exact) mass is 369 g/mol. The zero-order chi connectivity index (χ0) is 19.6. The van der Waals surface area contributed by atoms with Crippen LogP contribution in [0.1, 0.15) is 29.8 Å². The number of carbonyl (C=O) groups excluding carboxylic acids is 2. The van der Waals surface area contributed by atoms with E-state index in [-0.39, 0.29) is 5.70 Å². The van der Waals surface area contributed by atoms with E-state index < -0.39 is 11.9 Å². The minimum atomic E-state index is -0.647. The van der Waals surface area contributed by atoms with Crippen molar-refractivity contribution in [1.29, 1.82) is 0 Å². The molecule has 0 saturated carbocycles. The molecule has 0 aliphatic carbocycles. The molecule has 6 nitrogen and oxygen atoms in total. The van der Waals surface area contributed by atoms with E-state index in [0.29, 0.717) is 35.8 Å². The van der Waals surface area contributed by atoms with E-state index in [1.807, 2.05) is 19.9 Å². The maximum atomic E-state index is 12.4. The lowest BCUT2D eigenvalue weighted by atomic mass is 10.1. The molecule has 0 spiro atoms. The lowest BCUT2D eigenvalue weighted by molar-refractivity contribution is -0.136. The van der Waals surface area contributed by atoms with E-state index in [1.54, 1.807) is 42.5 Å². The standard InChI is InChI=1S/C21H23NO5/c1-4-26-18-12-11-15(14-19(18)27-5-2)13-17(21(24)25-3)22-20(23)16-9-7-6-8-10-16/h6-14H,4-5H2,1-3H3,(H,22,23)/b17-13-. The van der Waals surface area contributed by atoms with Crippen molar-refractivity contribution in [2.75, 3.05) is 20.3 Å². The molecule has 1 N–H and O–H groups in total. The number of rotatable bonds is 8. The molecule has 0 fully saturated rings. The number of hydrogen-bond acceptors (Lipinski definition) is 5. The summed E-state index contributed by atoms with van der Waals surface area (Å²) >= 11 is 0. The fraction of sp³-hybridized carbons (Fsp3) is 0.238. The summed E-state index contributed by atoms with van der Waals surface area (Å²) in [4.78, 5) is 24.5. The highest BCUT2D eigenvalue weighted by molar-refractivity contribution is 6.03. The van der Waals surface area contributed by atoms with E-state index in [4.69, 9.17) is 14.2 Å². The summed E-state index contributed by atoms with van der Waals surface area (Å²) in [5.74, 6) is 0.130. The second-order valence-electron chi connectivity index (χ2n) is 5.44. The molecule has 0 saturated heterocycles. The van der Waals surface area contributed by atoms with Crippen molar-refractivity contribution in [3.05, 3.63) is 65.4 Å². The maximum absolute atomic E-state index is 12.4. The molecule has 0 aromatic heterocycles. The van der Waals surface area contributed by atoms with Crippen LogP contribution in [0.4, 0.5) is 0 Å². The maximum Gasteiger partial charge on any atom is 0.354 e. The smallest absolute Gasteiger partial charge is 0.354 e. The predicted octanol–water partition coefficient (Wildman–Crippen LogP) is 3.43. The molecule has 27 heavy (non-hydrogen) atoms. The Morgan fingerprint density at radius 3 is 2.26 bits per heavy atom. The van der Waals surface area contributed by atoms with Gasteiger partial charge in [0.25, 0.3) is 5.91 Å². The highest BCUT2D eigenvalue weighted by Gasteiger charge is 2.15. The van der Waals surface area contributed by atoms with Crippen LogP contribution in [-0.2, 0) is 9.53 Å². The lowest BCUT2D eigenvalue weighted by Gasteiger charge is -2.12. The fourth-order valence-corrected chi connectivity index (χ4v) is 2.36. The normalized spacial score (nSPS) is 10.9. The van der Waals surface area contributed by atoms with Crippen molar-refractivity contribution in [2.45, 2.75) is 13.8 Å². The summed E-state index contributed by atoms with van der Waals surface area (Å²) in [5.41, 5.74) is 1.13. The van der Waals surface area contributed by atoms with E-state index >= 15 is 0 Å². The first-order valence-electron chi connectivity index (χ1n) is 8.65. The first-order chi connectivity index (χ1) is 13.1. The number of benzene rings is 2. The molecule has 0 heterocycles. The van der Waals surface area contributed by atoms with Gasteiger partial charge in [-0.15, -0.1) is 0 Å². The molecule has 0 bridgehead atoms. The van der Waals surface area contributed by atoms with Crippen LogP contribution in [0.15, 0.2) is 54.2 Å². The molecular formula is C21H23NO5. The molecule has 0 aliphatic rings. The van der Waals surface area contributed by atoms with Gasteiger partial charge in [0.15, 0.2) is 11.5 Å². The number of nitrogens with one attached hydrogen (secondary N) is 1. The number of esters is 1. The third-order valence-corrected chi connectivity index (χ3v) is 3.57. The second kappa shape index (κ2) is 10.0. The van der Waals surface area contributed by atoms with Gasteiger partial charge in [-0.2, -0.15) is 0 Å². The van der Waals surface area contributed by atoms with Crippen LogP contribution in [0, 0.1) is 0 Å². The average Bonchev–Trinajstić information content (AvgIpc) is 2.69. The summed E-state index contributed by atoms with van der Waals surface area (Å²) in [6, 6.07) is 13.9. The molecule has 0 atom stereocenters. The average molecular weight is 369 g/mol. The third kappa shape index (κ3) is 5.60. The number of amides is 1. The minimum absolute atomic E-state index is 0.0259. The van der Waals surface area contributed by atoms with Crippen molar-refractivity contribution in [3.8, 4) is 11.5 Å². The molecule has 1 amide bonds. The summed E-state index contributed by atoms with van der Waals surface area (Å²) in [6.45, 7) is 4.74. The van der Waals surface area contributed by atoms with E-state index in [2.05, 4.69) is 5.32 Å². The molecule has 0 unspecified atom stereocenters. The van der Waals surface area contributed by atoms with E-state index in [9.17, 15) is 9.59 Å². The van der Waals surface area contributed by atoms with Crippen molar-refractivity contribution in [2.24, 2.45) is 0 Å². The van der Waals surface area contributed by atoms with Gasteiger partial charge in [0, 0.05) is 5.56 Å². The van der Waals surface area contributed by atoms with Gasteiger partial charge in [0.2, 0.25) is 0 Å². The highest BCUT2D eigenvalue weighted by atomic mass is 16.5. The van der Waals surface area contributed by atoms with Gasteiger partial charge in [-0.05, 0) is 49.8 Å². The van der Waals surface area contributed by atoms with Crippen molar-refractivity contribution in [3.63, 3.8) is 0 Å². The zero-order valence-corrected chi connectivity index (χ0v) is 15.7. The Morgan fingerprint density at radius 2 is 1.63 bits per heavy atom. The molecule has 0 aliphatic heterocycles. The van der Waals surface area contributed by atoms with Crippen LogP contribution >= 0.6 is 0 Å². The number of hydrogen-bond donors (Lipinski definition) is 1. The first kappa shape index (κ1) is 20.0. The van der Waals surface area contributed by atoms with E-state index in [1.165, 1.54) is 13.2 Å². The Hall–Kier alpha value is -3.28. The second-order valence-corrected chi connectivity index (χ2v) is 5.44. The van der Waals surface area contributed by atoms with Gasteiger partial charge >= 0.3 is 5.97 Å². The Balaban J connectivity index is 2.33. The predicted molar refractivity (Wildman–Crippen MR) is 103 cm³/mol. The summed E-state index contributed by atoms with van der Waals surface area (Å²) < 4.78 is 15.9. The zero-order valence-electron chi connectivity index (χ0n) is 15.7.